The van der Waals surface area contributed by atoms with Gasteiger partial charge in [0.25, 0.3) is 0 Å². The maximum absolute atomic E-state index is 3.79. The Bertz CT molecular complexity index is 162. The van der Waals surface area contributed by atoms with E-state index in [2.05, 4.69) is 15.9 Å². The highest BCUT2D eigenvalue weighted by molar-refractivity contribution is 9.09. The van der Waals surface area contributed by atoms with Crippen LogP contribution in [0.25, 0.3) is 0 Å². The van der Waals surface area contributed by atoms with E-state index in [0.717, 1.165) is 5.92 Å². The van der Waals surface area contributed by atoms with Gasteiger partial charge in [0.15, 0.2) is 0 Å². The number of rotatable bonds is 2. The molecule has 14 heavy (non-hydrogen) atoms. The Kier molecular flexibility index (Phi) is 3.93. The first-order valence-electron chi connectivity index (χ1n) is 6.43. The van der Waals surface area contributed by atoms with Crippen LogP contribution in [0, 0.1) is 11.3 Å². The zero-order chi connectivity index (χ0) is 9.86. The van der Waals surface area contributed by atoms with Crippen molar-refractivity contribution < 1.29 is 0 Å². The standard InChI is InChI=1S/C13H23Br/c14-11-13(9-5-6-10-13)12-7-3-1-2-4-8-12/h12H,1-11H2. The van der Waals surface area contributed by atoms with Gasteiger partial charge >= 0.3 is 0 Å². The first-order valence-corrected chi connectivity index (χ1v) is 7.55. The van der Waals surface area contributed by atoms with Gasteiger partial charge in [-0.05, 0) is 37.0 Å². The number of hydrogen-bond donors (Lipinski definition) is 0. The molecule has 0 atom stereocenters. The van der Waals surface area contributed by atoms with Gasteiger partial charge in [-0.25, -0.2) is 0 Å². The van der Waals surface area contributed by atoms with Crippen molar-refractivity contribution in [2.75, 3.05) is 5.33 Å². The number of hydrogen-bond acceptors (Lipinski definition) is 0. The molecule has 2 aliphatic carbocycles. The molecule has 0 aromatic carbocycles. The summed E-state index contributed by atoms with van der Waals surface area (Å²) in [4.78, 5) is 0. The molecule has 0 amide bonds. The van der Waals surface area contributed by atoms with Crippen LogP contribution < -0.4 is 0 Å². The largest absolute Gasteiger partial charge is 0.0922 e. The van der Waals surface area contributed by atoms with E-state index in [1.807, 2.05) is 0 Å². The van der Waals surface area contributed by atoms with Crippen LogP contribution in [-0.2, 0) is 0 Å². The molecule has 0 aliphatic heterocycles. The average Bonchev–Trinajstić information content (AvgIpc) is 2.54. The predicted octanol–water partition coefficient (Wildman–Crippen LogP) is 4.91. The van der Waals surface area contributed by atoms with Crippen LogP contribution >= 0.6 is 15.9 Å². The summed E-state index contributed by atoms with van der Waals surface area (Å²) in [6, 6.07) is 0. The minimum Gasteiger partial charge on any atom is -0.0922 e. The van der Waals surface area contributed by atoms with Crippen LogP contribution in [-0.4, -0.2) is 5.33 Å². The van der Waals surface area contributed by atoms with Crippen LogP contribution in [0.1, 0.15) is 64.2 Å². The molecule has 0 aromatic rings. The third-order valence-corrected chi connectivity index (χ3v) is 5.70. The van der Waals surface area contributed by atoms with E-state index in [-0.39, 0.29) is 0 Å². The van der Waals surface area contributed by atoms with Crippen molar-refractivity contribution in [3.63, 3.8) is 0 Å². The Balaban J connectivity index is 2.01. The highest BCUT2D eigenvalue weighted by Gasteiger charge is 2.39. The fraction of sp³-hybridized carbons (Fsp3) is 1.00. The smallest absolute Gasteiger partial charge is 0.00906 e. The SMILES string of the molecule is BrCC1(C2CCCCCC2)CCCC1. The zero-order valence-corrected chi connectivity index (χ0v) is 10.8. The lowest BCUT2D eigenvalue weighted by atomic mass is 9.72. The summed E-state index contributed by atoms with van der Waals surface area (Å²) < 4.78 is 0. The summed E-state index contributed by atoms with van der Waals surface area (Å²) in [5, 5.41) is 1.27. The molecular weight excluding hydrogens is 236 g/mol. The van der Waals surface area contributed by atoms with Gasteiger partial charge in [-0.1, -0.05) is 54.5 Å². The fourth-order valence-corrected chi connectivity index (χ4v) is 4.64. The van der Waals surface area contributed by atoms with E-state index in [1.165, 1.54) is 69.5 Å². The van der Waals surface area contributed by atoms with Gasteiger partial charge in [-0.3, -0.25) is 0 Å². The summed E-state index contributed by atoms with van der Waals surface area (Å²) in [5.74, 6) is 1.05. The molecule has 0 radical (unpaired) electrons. The van der Waals surface area contributed by atoms with Crippen LogP contribution in [0.3, 0.4) is 0 Å². The molecular formula is C13H23Br. The minimum atomic E-state index is 0.713. The van der Waals surface area contributed by atoms with Gasteiger partial charge < -0.3 is 0 Å². The Morgan fingerprint density at radius 2 is 1.43 bits per heavy atom. The van der Waals surface area contributed by atoms with Gasteiger partial charge in [0.2, 0.25) is 0 Å². The third kappa shape index (κ3) is 2.18. The molecule has 0 N–H and O–H groups in total. The molecule has 0 unspecified atom stereocenters. The molecule has 82 valence electrons. The maximum Gasteiger partial charge on any atom is 0.00906 e. The van der Waals surface area contributed by atoms with Gasteiger partial charge in [0.05, 0.1) is 0 Å². The van der Waals surface area contributed by atoms with Crippen molar-refractivity contribution in [2.24, 2.45) is 11.3 Å². The van der Waals surface area contributed by atoms with Crippen LogP contribution in [0.2, 0.25) is 0 Å². The molecule has 2 rings (SSSR count). The molecule has 0 heterocycles. The quantitative estimate of drug-likeness (QED) is 0.488. The van der Waals surface area contributed by atoms with Gasteiger partial charge in [0, 0.05) is 5.33 Å². The van der Waals surface area contributed by atoms with Crippen molar-refractivity contribution in [1.29, 1.82) is 0 Å². The zero-order valence-electron chi connectivity index (χ0n) is 9.23. The third-order valence-electron chi connectivity index (χ3n) is 4.59. The topological polar surface area (TPSA) is 0 Å². The predicted molar refractivity (Wildman–Crippen MR) is 65.9 cm³/mol. The minimum absolute atomic E-state index is 0.713. The molecule has 2 fully saturated rings. The summed E-state index contributed by atoms with van der Waals surface area (Å²) >= 11 is 3.79. The molecule has 0 spiro atoms. The van der Waals surface area contributed by atoms with E-state index in [1.54, 1.807) is 0 Å². The molecule has 0 nitrogen and oxygen atoms in total. The molecule has 0 aromatic heterocycles. The highest BCUT2D eigenvalue weighted by atomic mass is 79.9. The normalized spacial score (nSPS) is 28.9. The Morgan fingerprint density at radius 3 is 1.93 bits per heavy atom. The molecule has 0 saturated heterocycles. The molecule has 1 heteroatoms. The van der Waals surface area contributed by atoms with Crippen molar-refractivity contribution in [3.8, 4) is 0 Å². The summed E-state index contributed by atoms with van der Waals surface area (Å²) in [5.41, 5.74) is 0.713. The monoisotopic (exact) mass is 258 g/mol. The van der Waals surface area contributed by atoms with Crippen molar-refractivity contribution in [2.45, 2.75) is 64.2 Å². The Labute approximate surface area is 97.0 Å². The van der Waals surface area contributed by atoms with Gasteiger partial charge in [-0.2, -0.15) is 0 Å². The lowest BCUT2D eigenvalue weighted by molar-refractivity contribution is 0.180. The highest BCUT2D eigenvalue weighted by Crippen LogP contribution is 2.50. The van der Waals surface area contributed by atoms with E-state index in [0.29, 0.717) is 5.41 Å². The Hall–Kier alpha value is 0.480. The maximum atomic E-state index is 3.79. The van der Waals surface area contributed by atoms with E-state index in [9.17, 15) is 0 Å². The molecule has 2 saturated carbocycles. The second kappa shape index (κ2) is 5.01. The average molecular weight is 259 g/mol. The second-order valence-electron chi connectivity index (χ2n) is 5.39. The van der Waals surface area contributed by atoms with Crippen LogP contribution in [0.5, 0.6) is 0 Å². The number of alkyl halides is 1. The summed E-state index contributed by atoms with van der Waals surface area (Å²) in [6.07, 6.45) is 15.0. The van der Waals surface area contributed by atoms with E-state index >= 15 is 0 Å². The second-order valence-corrected chi connectivity index (χ2v) is 5.95. The van der Waals surface area contributed by atoms with E-state index in [4.69, 9.17) is 0 Å². The van der Waals surface area contributed by atoms with Crippen molar-refractivity contribution in [1.82, 2.24) is 0 Å². The van der Waals surface area contributed by atoms with Gasteiger partial charge in [-0.15, -0.1) is 0 Å². The van der Waals surface area contributed by atoms with E-state index < -0.39 is 0 Å². The van der Waals surface area contributed by atoms with Crippen LogP contribution in [0.4, 0.5) is 0 Å². The molecule has 2 aliphatic rings. The number of halogens is 1. The summed E-state index contributed by atoms with van der Waals surface area (Å²) in [6.45, 7) is 0. The first kappa shape index (κ1) is 11.0. The van der Waals surface area contributed by atoms with Crippen LogP contribution in [0.15, 0.2) is 0 Å². The fourth-order valence-electron chi connectivity index (χ4n) is 3.62. The first-order chi connectivity index (χ1) is 6.87. The molecule has 0 bridgehead atoms. The van der Waals surface area contributed by atoms with Crippen molar-refractivity contribution >= 4 is 15.9 Å². The lowest BCUT2D eigenvalue weighted by Gasteiger charge is -2.36. The lowest BCUT2D eigenvalue weighted by Crippen LogP contribution is -2.29. The summed E-state index contributed by atoms with van der Waals surface area (Å²) in [7, 11) is 0. The van der Waals surface area contributed by atoms with Gasteiger partial charge in [0.1, 0.15) is 0 Å². The Morgan fingerprint density at radius 1 is 0.857 bits per heavy atom. The van der Waals surface area contributed by atoms with Crippen molar-refractivity contribution in [3.05, 3.63) is 0 Å².